The number of hydrogen-bond acceptors (Lipinski definition) is 5. The first-order valence-electron chi connectivity index (χ1n) is 6.37. The summed E-state index contributed by atoms with van der Waals surface area (Å²) in [6.07, 6.45) is 2.24. The number of nitro benzene ring substituents is 1. The second-order valence-corrected chi connectivity index (χ2v) is 4.53. The molecule has 1 saturated heterocycles. The molecule has 1 heterocycles. The first-order valence-corrected chi connectivity index (χ1v) is 6.37. The van der Waals surface area contributed by atoms with Crippen molar-refractivity contribution in [2.24, 2.45) is 0 Å². The van der Waals surface area contributed by atoms with Crippen molar-refractivity contribution in [1.82, 2.24) is 4.90 Å². The molecule has 0 bridgehead atoms. The number of rotatable bonds is 5. The number of anilines is 1. The third kappa shape index (κ3) is 3.85. The smallest absolute Gasteiger partial charge is 0.295 e. The molecule has 1 aliphatic rings. The van der Waals surface area contributed by atoms with Gasteiger partial charge in [-0.25, -0.2) is 0 Å². The number of hydrogen-bond donors (Lipinski definition) is 1. The molecule has 1 aliphatic heterocycles. The average Bonchev–Trinajstić information content (AvgIpc) is 2.41. The van der Waals surface area contributed by atoms with Crippen molar-refractivity contribution < 1.29 is 9.66 Å². The fourth-order valence-electron chi connectivity index (χ4n) is 2.09. The lowest BCUT2D eigenvalue weighted by Gasteiger charge is -2.25. The van der Waals surface area contributed by atoms with Gasteiger partial charge in [-0.15, -0.1) is 0 Å². The van der Waals surface area contributed by atoms with Crippen LogP contribution in [0.3, 0.4) is 0 Å². The molecule has 2 N–H and O–H groups in total. The molecule has 2 rings (SSSR count). The van der Waals surface area contributed by atoms with E-state index in [-0.39, 0.29) is 11.4 Å². The number of nitrogen functional groups attached to an aromatic ring is 1. The maximum atomic E-state index is 10.8. The molecule has 1 aromatic carbocycles. The molecule has 101 valence electrons. The van der Waals surface area contributed by atoms with Gasteiger partial charge < -0.3 is 15.4 Å². The average molecular weight is 262 g/mol. The van der Waals surface area contributed by atoms with Crippen LogP contribution in [0.15, 0.2) is 18.2 Å². The Morgan fingerprint density at radius 2 is 2.16 bits per heavy atom. The van der Waals surface area contributed by atoms with Crippen molar-refractivity contribution in [3.63, 3.8) is 0 Å². The minimum absolute atomic E-state index is 0.106. The van der Waals surface area contributed by atoms with Gasteiger partial charge in [0, 0.05) is 6.54 Å². The van der Waals surface area contributed by atoms with Crippen LogP contribution in [0.25, 0.3) is 0 Å². The Labute approximate surface area is 112 Å². The van der Waals surface area contributed by atoms with Crippen molar-refractivity contribution in [1.29, 1.82) is 0 Å². The lowest BCUT2D eigenvalue weighted by molar-refractivity contribution is -0.384. The molecule has 0 atom stereocenters. The Hall–Kier alpha value is -1.76. The van der Waals surface area contributed by atoms with E-state index in [0.717, 1.165) is 32.3 Å². The summed E-state index contributed by atoms with van der Waals surface area (Å²) in [7, 11) is 2.29. The van der Waals surface area contributed by atoms with Crippen LogP contribution in [0.1, 0.15) is 0 Å². The highest BCUT2D eigenvalue weighted by molar-refractivity contribution is 6.35. The number of nitrogens with two attached hydrogens (primary N) is 1. The highest BCUT2D eigenvalue weighted by atomic mass is 16.6. The molecule has 0 spiro atoms. The van der Waals surface area contributed by atoms with Gasteiger partial charge in [-0.2, -0.15) is 0 Å². The molecule has 0 aliphatic carbocycles. The van der Waals surface area contributed by atoms with Gasteiger partial charge in [0.1, 0.15) is 25.3 Å². The van der Waals surface area contributed by atoms with Crippen LogP contribution in [-0.2, 0) is 0 Å². The summed E-state index contributed by atoms with van der Waals surface area (Å²) in [5, 5.41) is 10.8. The molecule has 6 nitrogen and oxygen atoms in total. The second-order valence-electron chi connectivity index (χ2n) is 4.53. The van der Waals surface area contributed by atoms with Crippen molar-refractivity contribution in [2.75, 3.05) is 32.0 Å². The van der Waals surface area contributed by atoms with Crippen LogP contribution < -0.4 is 10.5 Å². The van der Waals surface area contributed by atoms with Gasteiger partial charge in [0.05, 0.1) is 11.0 Å². The van der Waals surface area contributed by atoms with E-state index in [4.69, 9.17) is 10.5 Å². The molecule has 0 unspecified atom stereocenters. The predicted molar refractivity (Wildman–Crippen MR) is 74.8 cm³/mol. The molecule has 1 fully saturated rings. The normalized spacial score (nSPS) is 15.8. The molecule has 0 aromatic heterocycles. The zero-order valence-electron chi connectivity index (χ0n) is 10.7. The first kappa shape index (κ1) is 13.7. The highest BCUT2D eigenvalue weighted by Crippen LogP contribution is 2.26. The summed E-state index contributed by atoms with van der Waals surface area (Å²) in [6, 6.07) is 4.54. The van der Waals surface area contributed by atoms with Gasteiger partial charge in [-0.1, -0.05) is 12.6 Å². The fraction of sp³-hybridized carbons (Fsp3) is 0.500. The molecule has 1 radical (unpaired) electrons. The molecular weight excluding hydrogens is 245 g/mol. The Morgan fingerprint density at radius 3 is 2.84 bits per heavy atom. The van der Waals surface area contributed by atoms with Gasteiger partial charge in [0.25, 0.3) is 5.69 Å². The van der Waals surface area contributed by atoms with Crippen molar-refractivity contribution in [2.45, 2.75) is 12.6 Å². The number of nitrogens with zero attached hydrogens (tertiary/aromatic N) is 2. The summed E-state index contributed by atoms with van der Waals surface area (Å²) < 4.78 is 5.54. The van der Waals surface area contributed by atoms with Crippen LogP contribution in [0.5, 0.6) is 5.75 Å². The van der Waals surface area contributed by atoms with Gasteiger partial charge in [-0.3, -0.25) is 10.1 Å². The quantitative estimate of drug-likeness (QED) is 0.375. The minimum Gasteiger partial charge on any atom is -0.492 e. The third-order valence-corrected chi connectivity index (χ3v) is 3.17. The van der Waals surface area contributed by atoms with E-state index in [2.05, 4.69) is 12.2 Å². The van der Waals surface area contributed by atoms with E-state index in [9.17, 15) is 10.1 Å². The van der Waals surface area contributed by atoms with Gasteiger partial charge in [-0.05, 0) is 25.2 Å². The number of ether oxygens (including phenoxy) is 1. The third-order valence-electron chi connectivity index (χ3n) is 3.17. The zero-order valence-corrected chi connectivity index (χ0v) is 10.7. The van der Waals surface area contributed by atoms with Crippen LogP contribution in [0.2, 0.25) is 12.6 Å². The molecular formula is C12H17BN3O3. The van der Waals surface area contributed by atoms with E-state index < -0.39 is 4.92 Å². The SMILES string of the molecule is Nc1ccc(OCCN2CC[B]CC2)cc1[N+](=O)[O-]. The summed E-state index contributed by atoms with van der Waals surface area (Å²) in [6.45, 7) is 3.49. The molecule has 7 heteroatoms. The second kappa shape index (κ2) is 6.42. The summed E-state index contributed by atoms with van der Waals surface area (Å²) in [5.41, 5.74) is 5.58. The summed E-state index contributed by atoms with van der Waals surface area (Å²) in [4.78, 5) is 12.6. The van der Waals surface area contributed by atoms with E-state index in [1.807, 2.05) is 0 Å². The van der Waals surface area contributed by atoms with Gasteiger partial charge >= 0.3 is 0 Å². The van der Waals surface area contributed by atoms with Gasteiger partial charge in [0.15, 0.2) is 0 Å². The maximum Gasteiger partial charge on any atom is 0.295 e. The molecule has 0 amide bonds. The largest absolute Gasteiger partial charge is 0.492 e. The first-order chi connectivity index (χ1) is 9.16. The van der Waals surface area contributed by atoms with Crippen LogP contribution in [0.4, 0.5) is 11.4 Å². The van der Waals surface area contributed by atoms with Crippen LogP contribution in [-0.4, -0.2) is 43.3 Å². The van der Waals surface area contributed by atoms with Crippen molar-refractivity contribution in [3.05, 3.63) is 28.3 Å². The van der Waals surface area contributed by atoms with E-state index in [1.54, 1.807) is 6.07 Å². The zero-order chi connectivity index (χ0) is 13.7. The molecule has 1 aromatic rings. The number of nitro groups is 1. The van der Waals surface area contributed by atoms with Crippen LogP contribution >= 0.6 is 0 Å². The van der Waals surface area contributed by atoms with Crippen LogP contribution in [0, 0.1) is 10.1 Å². The van der Waals surface area contributed by atoms with E-state index in [1.165, 1.54) is 12.1 Å². The Balaban J connectivity index is 1.85. The Morgan fingerprint density at radius 1 is 1.42 bits per heavy atom. The lowest BCUT2D eigenvalue weighted by Crippen LogP contribution is -2.34. The summed E-state index contributed by atoms with van der Waals surface area (Å²) >= 11 is 0. The number of benzene rings is 1. The highest BCUT2D eigenvalue weighted by Gasteiger charge is 2.13. The van der Waals surface area contributed by atoms with Gasteiger partial charge in [0.2, 0.25) is 0 Å². The lowest BCUT2D eigenvalue weighted by atomic mass is 9.68. The van der Waals surface area contributed by atoms with Crippen molar-refractivity contribution in [3.8, 4) is 5.75 Å². The predicted octanol–water partition coefficient (Wildman–Crippen LogP) is 1.41. The monoisotopic (exact) mass is 262 g/mol. The minimum atomic E-state index is -0.497. The maximum absolute atomic E-state index is 10.8. The standard InChI is InChI=1S/C12H17BN3O3/c14-11-2-1-10(9-12(11)16(17)18)19-8-7-15-5-3-13-4-6-15/h1-2,9H,3-8,14H2. The molecule has 0 saturated carbocycles. The Kier molecular flexibility index (Phi) is 4.62. The topological polar surface area (TPSA) is 81.6 Å². The van der Waals surface area contributed by atoms with Crippen molar-refractivity contribution >= 4 is 18.7 Å². The Bertz CT molecular complexity index is 450. The summed E-state index contributed by atoms with van der Waals surface area (Å²) in [5.74, 6) is 0.490. The van der Waals surface area contributed by atoms with E-state index >= 15 is 0 Å². The fourth-order valence-corrected chi connectivity index (χ4v) is 2.09. The van der Waals surface area contributed by atoms with E-state index in [0.29, 0.717) is 12.4 Å². The molecule has 19 heavy (non-hydrogen) atoms.